The van der Waals surface area contributed by atoms with Gasteiger partial charge < -0.3 is 10.6 Å². The summed E-state index contributed by atoms with van der Waals surface area (Å²) in [6, 6.07) is 1.95. The molecule has 1 fully saturated rings. The third-order valence-corrected chi connectivity index (χ3v) is 3.11. The second kappa shape index (κ2) is 3.73. The maximum Gasteiger partial charge on any atom is 0.245 e. The zero-order chi connectivity index (χ0) is 11.2. The van der Waals surface area contributed by atoms with Crippen molar-refractivity contribution < 1.29 is 9.18 Å². The maximum atomic E-state index is 12.9. The molecule has 0 radical (unpaired) electrons. The van der Waals surface area contributed by atoms with Crippen molar-refractivity contribution in [2.45, 2.75) is 6.04 Å². The Morgan fingerprint density at radius 2 is 2.27 bits per heavy atom. The number of rotatable bonds is 1. The van der Waals surface area contributed by atoms with Crippen LogP contribution in [0.4, 0.5) is 10.1 Å². The molecule has 15 heavy (non-hydrogen) atoms. The summed E-state index contributed by atoms with van der Waals surface area (Å²) in [6.45, 7) is 0.406. The first-order chi connectivity index (χ1) is 7.00. The van der Waals surface area contributed by atoms with Crippen LogP contribution in [0.1, 0.15) is 0 Å². The third kappa shape index (κ3) is 1.75. The fourth-order valence-corrected chi connectivity index (χ4v) is 2.51. The van der Waals surface area contributed by atoms with Gasteiger partial charge in [0.2, 0.25) is 5.91 Å². The van der Waals surface area contributed by atoms with Gasteiger partial charge in [-0.1, -0.05) is 11.6 Å². The molecular formula is C9H7BrClFN2O. The number of halogens is 3. The average molecular weight is 294 g/mol. The number of amides is 1. The van der Waals surface area contributed by atoms with Crippen LogP contribution in [0.3, 0.4) is 0 Å². The van der Waals surface area contributed by atoms with Gasteiger partial charge in [0.1, 0.15) is 11.9 Å². The van der Waals surface area contributed by atoms with Gasteiger partial charge in [0.15, 0.2) is 0 Å². The minimum Gasteiger partial charge on any atom is -0.318 e. The number of nitrogens with zero attached hydrogens (tertiary/aromatic N) is 1. The molecule has 1 unspecified atom stereocenters. The number of carbonyl (C=O) groups excluding carboxylic acids is 1. The second-order valence-corrected chi connectivity index (χ2v) is 4.53. The van der Waals surface area contributed by atoms with Crippen LogP contribution in [0.5, 0.6) is 0 Å². The molecule has 1 heterocycles. The number of anilines is 1. The quantitative estimate of drug-likeness (QED) is 0.804. The van der Waals surface area contributed by atoms with Crippen molar-refractivity contribution in [2.75, 3.05) is 11.4 Å². The van der Waals surface area contributed by atoms with Crippen LogP contribution in [-0.2, 0) is 4.79 Å². The highest BCUT2D eigenvalue weighted by Gasteiger charge is 2.36. The van der Waals surface area contributed by atoms with Gasteiger partial charge >= 0.3 is 0 Å². The zero-order valence-electron chi connectivity index (χ0n) is 7.51. The fourth-order valence-electron chi connectivity index (χ4n) is 1.45. The molecule has 1 aromatic carbocycles. The van der Waals surface area contributed by atoms with Gasteiger partial charge in [-0.25, -0.2) is 4.39 Å². The molecule has 1 aliphatic rings. The Bertz CT molecular complexity index is 417. The minimum atomic E-state index is -0.474. The first kappa shape index (κ1) is 10.9. The molecular weight excluding hydrogens is 286 g/mol. The number of carbonyl (C=O) groups is 1. The monoisotopic (exact) mass is 292 g/mol. The smallest absolute Gasteiger partial charge is 0.245 e. The van der Waals surface area contributed by atoms with Crippen LogP contribution < -0.4 is 10.6 Å². The Morgan fingerprint density at radius 3 is 2.73 bits per heavy atom. The molecule has 1 aliphatic heterocycles. The van der Waals surface area contributed by atoms with E-state index in [4.69, 9.17) is 17.3 Å². The molecule has 3 nitrogen and oxygen atoms in total. The standard InChI is InChI=1S/C9H7BrClFN2O/c10-5-1-4(12)2-6(11)8(5)14-3-7(13)9(14)15/h1-2,7H,3,13H2. The van der Waals surface area contributed by atoms with E-state index in [1.165, 1.54) is 17.0 Å². The molecule has 0 aliphatic carbocycles. The van der Waals surface area contributed by atoms with Crippen molar-refractivity contribution in [1.29, 1.82) is 0 Å². The number of hydrogen-bond acceptors (Lipinski definition) is 2. The van der Waals surface area contributed by atoms with Gasteiger partial charge in [0, 0.05) is 4.47 Å². The Labute approximate surface area is 99.1 Å². The van der Waals surface area contributed by atoms with Crippen molar-refractivity contribution in [3.8, 4) is 0 Å². The van der Waals surface area contributed by atoms with Gasteiger partial charge in [-0.05, 0) is 28.1 Å². The summed E-state index contributed by atoms with van der Waals surface area (Å²) in [5, 5.41) is 0.196. The lowest BCUT2D eigenvalue weighted by atomic mass is 10.1. The summed E-state index contributed by atoms with van der Waals surface area (Å²) < 4.78 is 13.4. The van der Waals surface area contributed by atoms with Crippen molar-refractivity contribution in [3.05, 3.63) is 27.4 Å². The lowest BCUT2D eigenvalue weighted by Gasteiger charge is -2.37. The normalized spacial score (nSPS) is 20.4. The molecule has 1 atom stereocenters. The van der Waals surface area contributed by atoms with Crippen LogP contribution in [0.2, 0.25) is 5.02 Å². The molecule has 6 heteroatoms. The van der Waals surface area contributed by atoms with Crippen molar-refractivity contribution >= 4 is 39.1 Å². The molecule has 1 amide bonds. The predicted octanol–water partition coefficient (Wildman–Crippen LogP) is 1.92. The molecule has 0 aromatic heterocycles. The number of benzene rings is 1. The van der Waals surface area contributed by atoms with E-state index in [0.717, 1.165) is 0 Å². The Balaban J connectivity index is 2.41. The molecule has 0 bridgehead atoms. The van der Waals surface area contributed by atoms with Gasteiger partial charge in [-0.2, -0.15) is 0 Å². The van der Waals surface area contributed by atoms with Crippen LogP contribution >= 0.6 is 27.5 Å². The van der Waals surface area contributed by atoms with E-state index in [9.17, 15) is 9.18 Å². The lowest BCUT2D eigenvalue weighted by molar-refractivity contribution is -0.123. The highest BCUT2D eigenvalue weighted by Crippen LogP contribution is 2.37. The lowest BCUT2D eigenvalue weighted by Crippen LogP contribution is -2.61. The van der Waals surface area contributed by atoms with E-state index >= 15 is 0 Å². The van der Waals surface area contributed by atoms with Crippen molar-refractivity contribution in [2.24, 2.45) is 5.73 Å². The molecule has 0 spiro atoms. The predicted molar refractivity (Wildman–Crippen MR) is 59.4 cm³/mol. The molecule has 1 saturated heterocycles. The van der Waals surface area contributed by atoms with Gasteiger partial charge in [-0.3, -0.25) is 4.79 Å². The second-order valence-electron chi connectivity index (χ2n) is 3.27. The highest BCUT2D eigenvalue weighted by atomic mass is 79.9. The highest BCUT2D eigenvalue weighted by molar-refractivity contribution is 9.10. The summed E-state index contributed by atoms with van der Waals surface area (Å²) >= 11 is 9.01. The van der Waals surface area contributed by atoms with Gasteiger partial charge in [0.25, 0.3) is 0 Å². The number of hydrogen-bond donors (Lipinski definition) is 1. The zero-order valence-corrected chi connectivity index (χ0v) is 9.85. The Kier molecular flexibility index (Phi) is 2.70. The third-order valence-electron chi connectivity index (χ3n) is 2.21. The van der Waals surface area contributed by atoms with Gasteiger partial charge in [-0.15, -0.1) is 0 Å². The molecule has 80 valence electrons. The number of nitrogens with two attached hydrogens (primary N) is 1. The topological polar surface area (TPSA) is 46.3 Å². The van der Waals surface area contributed by atoms with Crippen LogP contribution in [0, 0.1) is 5.82 Å². The average Bonchev–Trinajstić information content (AvgIpc) is 2.15. The maximum absolute atomic E-state index is 12.9. The molecule has 1 aromatic rings. The largest absolute Gasteiger partial charge is 0.318 e. The first-order valence-electron chi connectivity index (χ1n) is 4.22. The Hall–Kier alpha value is -0.650. The van der Waals surface area contributed by atoms with Crippen LogP contribution in [0.25, 0.3) is 0 Å². The summed E-state index contributed by atoms with van der Waals surface area (Å²) in [5.41, 5.74) is 5.93. The first-order valence-corrected chi connectivity index (χ1v) is 5.39. The van der Waals surface area contributed by atoms with E-state index in [-0.39, 0.29) is 10.9 Å². The SMILES string of the molecule is NC1CN(c2c(Cl)cc(F)cc2Br)C1=O. The summed E-state index contributed by atoms with van der Waals surface area (Å²) in [6.07, 6.45) is 0. The van der Waals surface area contributed by atoms with E-state index in [1.54, 1.807) is 0 Å². The Morgan fingerprint density at radius 1 is 1.60 bits per heavy atom. The summed E-state index contributed by atoms with van der Waals surface area (Å²) in [7, 11) is 0. The number of β-lactam (4-membered cyclic amide) rings is 1. The molecule has 2 rings (SSSR count). The summed E-state index contributed by atoms with van der Waals surface area (Å²) in [4.78, 5) is 12.8. The van der Waals surface area contributed by atoms with Crippen molar-refractivity contribution in [1.82, 2.24) is 0 Å². The van der Waals surface area contributed by atoms with Crippen LogP contribution in [-0.4, -0.2) is 18.5 Å². The molecule has 2 N–H and O–H groups in total. The van der Waals surface area contributed by atoms with E-state index in [2.05, 4.69) is 15.9 Å². The van der Waals surface area contributed by atoms with E-state index < -0.39 is 11.9 Å². The fraction of sp³-hybridized carbons (Fsp3) is 0.222. The van der Waals surface area contributed by atoms with Crippen LogP contribution in [0.15, 0.2) is 16.6 Å². The molecule has 0 saturated carbocycles. The van der Waals surface area contributed by atoms with E-state index in [0.29, 0.717) is 16.7 Å². The summed E-state index contributed by atoms with van der Waals surface area (Å²) in [5.74, 6) is -0.655. The van der Waals surface area contributed by atoms with E-state index in [1.807, 2.05) is 0 Å². The minimum absolute atomic E-state index is 0.196. The van der Waals surface area contributed by atoms with Crippen molar-refractivity contribution in [3.63, 3.8) is 0 Å². The van der Waals surface area contributed by atoms with Gasteiger partial charge in [0.05, 0.1) is 17.3 Å².